The van der Waals surface area contributed by atoms with Crippen LogP contribution in [0, 0.1) is 0 Å². The number of nitrogens with one attached hydrogen (secondary N) is 2. The summed E-state index contributed by atoms with van der Waals surface area (Å²) in [6.07, 6.45) is 1.34. The third-order valence-corrected chi connectivity index (χ3v) is 3.78. The Kier molecular flexibility index (Phi) is 6.05. The number of rotatable bonds is 7. The van der Waals surface area contributed by atoms with Crippen molar-refractivity contribution in [1.29, 1.82) is 0 Å². The van der Waals surface area contributed by atoms with Crippen LogP contribution >= 0.6 is 22.9 Å². The van der Waals surface area contributed by atoms with Crippen LogP contribution in [-0.4, -0.2) is 12.5 Å². The van der Waals surface area contributed by atoms with E-state index in [1.807, 2.05) is 0 Å². The van der Waals surface area contributed by atoms with Gasteiger partial charge in [0.15, 0.2) is 0 Å². The average molecular weight is 309 g/mol. The molecule has 0 spiro atoms. The van der Waals surface area contributed by atoms with E-state index in [1.54, 1.807) is 35.6 Å². The number of carbonyl (C=O) groups excluding carboxylic acids is 1. The van der Waals surface area contributed by atoms with E-state index in [-0.39, 0.29) is 5.91 Å². The number of benzene rings is 1. The molecule has 5 heteroatoms. The molecule has 1 aromatic heterocycles. The molecule has 0 fully saturated rings. The van der Waals surface area contributed by atoms with Gasteiger partial charge in [-0.05, 0) is 59.6 Å². The Morgan fingerprint density at radius 1 is 1.20 bits per heavy atom. The van der Waals surface area contributed by atoms with Crippen molar-refractivity contribution >= 4 is 34.5 Å². The van der Waals surface area contributed by atoms with Gasteiger partial charge in [0.25, 0.3) is 0 Å². The first-order valence-corrected chi connectivity index (χ1v) is 7.83. The summed E-state index contributed by atoms with van der Waals surface area (Å²) < 4.78 is 0. The molecule has 1 amide bonds. The van der Waals surface area contributed by atoms with Crippen LogP contribution in [0.4, 0.5) is 5.69 Å². The normalized spacial score (nSPS) is 10.4. The van der Waals surface area contributed by atoms with Gasteiger partial charge in [-0.15, -0.1) is 0 Å². The first kappa shape index (κ1) is 15.0. The third-order valence-electron chi connectivity index (χ3n) is 2.79. The van der Waals surface area contributed by atoms with Gasteiger partial charge in [0, 0.05) is 23.7 Å². The highest BCUT2D eigenvalue weighted by Gasteiger charge is 2.02. The number of amides is 1. The van der Waals surface area contributed by atoms with Crippen LogP contribution < -0.4 is 10.6 Å². The zero-order chi connectivity index (χ0) is 14.2. The summed E-state index contributed by atoms with van der Waals surface area (Å²) in [6.45, 7) is 1.70. The summed E-state index contributed by atoms with van der Waals surface area (Å²) in [6, 6.07) is 9.23. The smallest absolute Gasteiger partial charge is 0.224 e. The Bertz CT molecular complexity index is 525. The Labute approximate surface area is 128 Å². The molecule has 106 valence electrons. The van der Waals surface area contributed by atoms with Crippen LogP contribution in [0.25, 0.3) is 0 Å². The van der Waals surface area contributed by atoms with E-state index in [1.165, 1.54) is 5.56 Å². The van der Waals surface area contributed by atoms with E-state index in [4.69, 9.17) is 11.6 Å². The first-order valence-electron chi connectivity index (χ1n) is 6.51. The molecule has 20 heavy (non-hydrogen) atoms. The molecule has 3 nitrogen and oxygen atoms in total. The van der Waals surface area contributed by atoms with Gasteiger partial charge in [0.05, 0.1) is 0 Å². The Morgan fingerprint density at radius 2 is 2.00 bits per heavy atom. The minimum absolute atomic E-state index is 0.0321. The second-order valence-corrected chi connectivity index (χ2v) is 5.68. The van der Waals surface area contributed by atoms with Crippen LogP contribution in [0.5, 0.6) is 0 Å². The van der Waals surface area contributed by atoms with Crippen LogP contribution in [0.15, 0.2) is 41.1 Å². The maximum Gasteiger partial charge on any atom is 0.224 e. The number of hydrogen-bond acceptors (Lipinski definition) is 3. The first-order chi connectivity index (χ1) is 9.74. The number of halogens is 1. The van der Waals surface area contributed by atoms with Gasteiger partial charge in [0.1, 0.15) is 0 Å². The third kappa shape index (κ3) is 5.33. The predicted molar refractivity (Wildman–Crippen MR) is 85.3 cm³/mol. The molecule has 2 rings (SSSR count). The maximum absolute atomic E-state index is 11.7. The van der Waals surface area contributed by atoms with Gasteiger partial charge in [-0.1, -0.05) is 11.6 Å². The van der Waals surface area contributed by atoms with Crippen molar-refractivity contribution < 1.29 is 4.79 Å². The number of anilines is 1. The number of thiophene rings is 1. The van der Waals surface area contributed by atoms with E-state index in [0.717, 1.165) is 25.2 Å². The standard InChI is InChI=1S/C15H17ClN2OS/c16-13-3-5-14(6-4-13)18-15(19)2-1-8-17-10-12-7-9-20-11-12/h3-7,9,11,17H,1-2,8,10H2,(H,18,19). The minimum atomic E-state index is 0.0321. The van der Waals surface area contributed by atoms with Gasteiger partial charge < -0.3 is 10.6 Å². The Hall–Kier alpha value is -1.36. The van der Waals surface area contributed by atoms with Crippen molar-refractivity contribution in [3.63, 3.8) is 0 Å². The lowest BCUT2D eigenvalue weighted by molar-refractivity contribution is -0.116. The summed E-state index contributed by atoms with van der Waals surface area (Å²) in [5.74, 6) is 0.0321. The van der Waals surface area contributed by atoms with E-state index in [9.17, 15) is 4.79 Å². The number of hydrogen-bond donors (Lipinski definition) is 2. The second kappa shape index (κ2) is 8.04. The van der Waals surface area contributed by atoms with Crippen molar-refractivity contribution in [3.05, 3.63) is 51.7 Å². The van der Waals surface area contributed by atoms with Gasteiger partial charge in [0.2, 0.25) is 5.91 Å². The molecule has 0 atom stereocenters. The lowest BCUT2D eigenvalue weighted by atomic mass is 10.2. The predicted octanol–water partition coefficient (Wildman–Crippen LogP) is 3.91. The molecular weight excluding hydrogens is 292 g/mol. The fraction of sp³-hybridized carbons (Fsp3) is 0.267. The molecule has 0 unspecified atom stereocenters. The van der Waals surface area contributed by atoms with Crippen LogP contribution in [0.3, 0.4) is 0 Å². The molecule has 0 saturated heterocycles. The highest BCUT2D eigenvalue weighted by molar-refractivity contribution is 7.07. The van der Waals surface area contributed by atoms with Crippen molar-refractivity contribution in [2.45, 2.75) is 19.4 Å². The fourth-order valence-corrected chi connectivity index (χ4v) is 2.55. The Balaban J connectivity index is 1.59. The highest BCUT2D eigenvalue weighted by Crippen LogP contribution is 2.13. The van der Waals surface area contributed by atoms with Crippen molar-refractivity contribution in [2.24, 2.45) is 0 Å². The van der Waals surface area contributed by atoms with E-state index < -0.39 is 0 Å². The molecule has 0 aliphatic rings. The monoisotopic (exact) mass is 308 g/mol. The number of carbonyl (C=O) groups is 1. The van der Waals surface area contributed by atoms with Crippen molar-refractivity contribution in [3.8, 4) is 0 Å². The lowest BCUT2D eigenvalue weighted by Crippen LogP contribution is -2.17. The molecule has 0 saturated carbocycles. The fourth-order valence-electron chi connectivity index (χ4n) is 1.76. The summed E-state index contributed by atoms with van der Waals surface area (Å²) >= 11 is 7.49. The topological polar surface area (TPSA) is 41.1 Å². The Morgan fingerprint density at radius 3 is 2.70 bits per heavy atom. The highest BCUT2D eigenvalue weighted by atomic mass is 35.5. The summed E-state index contributed by atoms with van der Waals surface area (Å²) in [5, 5.41) is 11.0. The summed E-state index contributed by atoms with van der Waals surface area (Å²) in [4.78, 5) is 11.7. The average Bonchev–Trinajstić information content (AvgIpc) is 2.94. The minimum Gasteiger partial charge on any atom is -0.326 e. The molecule has 0 bridgehead atoms. The summed E-state index contributed by atoms with van der Waals surface area (Å²) in [5.41, 5.74) is 2.08. The van der Waals surface area contributed by atoms with Gasteiger partial charge >= 0.3 is 0 Å². The molecule has 0 radical (unpaired) electrons. The molecule has 2 N–H and O–H groups in total. The zero-order valence-corrected chi connectivity index (χ0v) is 12.6. The van der Waals surface area contributed by atoms with Crippen LogP contribution in [0.1, 0.15) is 18.4 Å². The summed E-state index contributed by atoms with van der Waals surface area (Å²) in [7, 11) is 0. The molecular formula is C15H17ClN2OS. The maximum atomic E-state index is 11.7. The molecule has 0 aliphatic carbocycles. The largest absolute Gasteiger partial charge is 0.326 e. The quantitative estimate of drug-likeness (QED) is 0.761. The molecule has 0 aliphatic heterocycles. The molecule has 1 heterocycles. The van der Waals surface area contributed by atoms with E-state index >= 15 is 0 Å². The van der Waals surface area contributed by atoms with Crippen molar-refractivity contribution in [2.75, 3.05) is 11.9 Å². The lowest BCUT2D eigenvalue weighted by Gasteiger charge is -2.06. The SMILES string of the molecule is O=C(CCCNCc1ccsc1)Nc1ccc(Cl)cc1. The second-order valence-electron chi connectivity index (χ2n) is 4.47. The van der Waals surface area contributed by atoms with Gasteiger partial charge in [-0.3, -0.25) is 4.79 Å². The van der Waals surface area contributed by atoms with Crippen molar-refractivity contribution in [1.82, 2.24) is 5.32 Å². The molecule has 2 aromatic rings. The van der Waals surface area contributed by atoms with Crippen LogP contribution in [0.2, 0.25) is 5.02 Å². The van der Waals surface area contributed by atoms with E-state index in [2.05, 4.69) is 27.5 Å². The van der Waals surface area contributed by atoms with Gasteiger partial charge in [-0.2, -0.15) is 11.3 Å². The van der Waals surface area contributed by atoms with Gasteiger partial charge in [-0.25, -0.2) is 0 Å². The van der Waals surface area contributed by atoms with Crippen LogP contribution in [-0.2, 0) is 11.3 Å². The van der Waals surface area contributed by atoms with E-state index in [0.29, 0.717) is 11.4 Å². The zero-order valence-electron chi connectivity index (χ0n) is 11.1. The molecule has 1 aromatic carbocycles.